The molecule has 2 N–H and O–H groups in total. The van der Waals surface area contributed by atoms with Gasteiger partial charge in [-0.05, 0) is 30.3 Å². The number of benzene rings is 1. The number of aromatic nitrogens is 3. The number of anilines is 1. The predicted molar refractivity (Wildman–Crippen MR) is 74.2 cm³/mol. The molecule has 0 saturated heterocycles. The Morgan fingerprint density at radius 3 is 2.61 bits per heavy atom. The second-order valence-corrected chi connectivity index (χ2v) is 4.86. The summed E-state index contributed by atoms with van der Waals surface area (Å²) in [5.41, 5.74) is 9.50. The smallest absolute Gasteiger partial charge is 0.124 e. The maximum atomic E-state index is 5.68. The SMILES string of the molecule is Cn1nccc1-c1csc(-c2ccc(N)cc2)n1. The van der Waals surface area contributed by atoms with Crippen molar-refractivity contribution in [1.82, 2.24) is 14.8 Å². The summed E-state index contributed by atoms with van der Waals surface area (Å²) in [5, 5.41) is 7.19. The number of nitrogens with two attached hydrogens (primary N) is 1. The highest BCUT2D eigenvalue weighted by molar-refractivity contribution is 7.13. The molecule has 3 aromatic rings. The molecule has 0 fully saturated rings. The van der Waals surface area contributed by atoms with Gasteiger partial charge in [0, 0.05) is 29.9 Å². The molecular weight excluding hydrogens is 244 g/mol. The molecule has 0 spiro atoms. The van der Waals surface area contributed by atoms with Crippen molar-refractivity contribution < 1.29 is 0 Å². The molecule has 0 saturated carbocycles. The Hall–Kier alpha value is -2.14. The van der Waals surface area contributed by atoms with E-state index in [-0.39, 0.29) is 0 Å². The number of hydrogen-bond acceptors (Lipinski definition) is 4. The van der Waals surface area contributed by atoms with Crippen molar-refractivity contribution >= 4 is 17.0 Å². The van der Waals surface area contributed by atoms with Gasteiger partial charge >= 0.3 is 0 Å². The van der Waals surface area contributed by atoms with E-state index < -0.39 is 0 Å². The maximum absolute atomic E-state index is 5.68. The van der Waals surface area contributed by atoms with Gasteiger partial charge in [0.05, 0.1) is 11.4 Å². The number of hydrogen-bond donors (Lipinski definition) is 1. The minimum atomic E-state index is 0.766. The molecule has 0 unspecified atom stereocenters. The number of nitrogens with zero attached hydrogens (tertiary/aromatic N) is 3. The predicted octanol–water partition coefficient (Wildman–Crippen LogP) is 2.79. The first kappa shape index (κ1) is 11.0. The summed E-state index contributed by atoms with van der Waals surface area (Å²) in [6, 6.07) is 9.71. The zero-order valence-electron chi connectivity index (χ0n) is 9.87. The van der Waals surface area contributed by atoms with Gasteiger partial charge in [-0.25, -0.2) is 4.98 Å². The van der Waals surface area contributed by atoms with Crippen LogP contribution in [0.4, 0.5) is 5.69 Å². The summed E-state index contributed by atoms with van der Waals surface area (Å²) in [6.45, 7) is 0. The van der Waals surface area contributed by atoms with Gasteiger partial charge in [-0.2, -0.15) is 5.10 Å². The molecule has 90 valence electrons. The summed E-state index contributed by atoms with van der Waals surface area (Å²) in [7, 11) is 1.91. The lowest BCUT2D eigenvalue weighted by molar-refractivity contribution is 0.774. The number of rotatable bonds is 2. The van der Waals surface area contributed by atoms with E-state index in [1.54, 1.807) is 17.5 Å². The molecule has 4 nitrogen and oxygen atoms in total. The zero-order chi connectivity index (χ0) is 12.5. The van der Waals surface area contributed by atoms with E-state index in [9.17, 15) is 0 Å². The van der Waals surface area contributed by atoms with Crippen LogP contribution in [0.5, 0.6) is 0 Å². The Labute approximate surface area is 109 Å². The molecule has 2 aromatic heterocycles. The van der Waals surface area contributed by atoms with E-state index >= 15 is 0 Å². The molecular formula is C13H12N4S. The lowest BCUT2D eigenvalue weighted by Gasteiger charge is -1.98. The van der Waals surface area contributed by atoms with Gasteiger partial charge in [0.25, 0.3) is 0 Å². The average molecular weight is 256 g/mol. The summed E-state index contributed by atoms with van der Waals surface area (Å²) in [5.74, 6) is 0. The second-order valence-electron chi connectivity index (χ2n) is 4.00. The van der Waals surface area contributed by atoms with Gasteiger partial charge in [-0.1, -0.05) is 0 Å². The molecule has 0 radical (unpaired) electrons. The van der Waals surface area contributed by atoms with E-state index in [4.69, 9.17) is 5.73 Å². The second kappa shape index (κ2) is 4.27. The standard InChI is InChI=1S/C13H12N4S/c1-17-12(6-7-15-17)11-8-18-13(16-11)9-2-4-10(14)5-3-9/h2-8H,14H2,1H3. The highest BCUT2D eigenvalue weighted by Gasteiger charge is 2.09. The lowest BCUT2D eigenvalue weighted by atomic mass is 10.2. The van der Waals surface area contributed by atoms with Crippen LogP contribution in [-0.4, -0.2) is 14.8 Å². The highest BCUT2D eigenvalue weighted by atomic mass is 32.1. The Balaban J connectivity index is 1.99. The van der Waals surface area contributed by atoms with E-state index in [0.29, 0.717) is 0 Å². The Bertz CT molecular complexity index is 666. The van der Waals surface area contributed by atoms with Crippen LogP contribution < -0.4 is 5.73 Å². The number of thiazole rings is 1. The minimum Gasteiger partial charge on any atom is -0.399 e. The van der Waals surface area contributed by atoms with Crippen molar-refractivity contribution in [3.05, 3.63) is 41.9 Å². The molecule has 5 heteroatoms. The van der Waals surface area contributed by atoms with Crippen LogP contribution in [0.25, 0.3) is 22.0 Å². The molecule has 3 rings (SSSR count). The van der Waals surface area contributed by atoms with Gasteiger partial charge in [0.15, 0.2) is 0 Å². The van der Waals surface area contributed by atoms with E-state index in [2.05, 4.69) is 10.1 Å². The molecule has 18 heavy (non-hydrogen) atoms. The van der Waals surface area contributed by atoms with Crippen LogP contribution in [0.2, 0.25) is 0 Å². The van der Waals surface area contributed by atoms with Crippen LogP contribution in [0.1, 0.15) is 0 Å². The fraction of sp³-hybridized carbons (Fsp3) is 0.0769. The van der Waals surface area contributed by atoms with Crippen molar-refractivity contribution in [1.29, 1.82) is 0 Å². The fourth-order valence-corrected chi connectivity index (χ4v) is 2.59. The molecule has 0 aliphatic carbocycles. The highest BCUT2D eigenvalue weighted by Crippen LogP contribution is 2.28. The lowest BCUT2D eigenvalue weighted by Crippen LogP contribution is -1.93. The normalized spacial score (nSPS) is 10.7. The Morgan fingerprint density at radius 1 is 1.17 bits per heavy atom. The average Bonchev–Trinajstić information content (AvgIpc) is 2.98. The van der Waals surface area contributed by atoms with Crippen LogP contribution in [0.15, 0.2) is 41.9 Å². The zero-order valence-corrected chi connectivity index (χ0v) is 10.7. The third-order valence-corrected chi connectivity index (χ3v) is 3.64. The Morgan fingerprint density at radius 2 is 1.94 bits per heavy atom. The van der Waals surface area contributed by atoms with Crippen LogP contribution >= 0.6 is 11.3 Å². The summed E-state index contributed by atoms with van der Waals surface area (Å²) in [6.07, 6.45) is 1.78. The fourth-order valence-electron chi connectivity index (χ4n) is 1.77. The van der Waals surface area contributed by atoms with Gasteiger partial charge in [0.1, 0.15) is 5.01 Å². The third-order valence-electron chi connectivity index (χ3n) is 2.75. The van der Waals surface area contributed by atoms with Gasteiger partial charge in [-0.3, -0.25) is 4.68 Å². The van der Waals surface area contributed by atoms with Crippen LogP contribution in [-0.2, 0) is 7.05 Å². The van der Waals surface area contributed by atoms with Gasteiger partial charge in [0.2, 0.25) is 0 Å². The monoisotopic (exact) mass is 256 g/mol. The van der Waals surface area contributed by atoms with Crippen molar-refractivity contribution in [2.75, 3.05) is 5.73 Å². The van der Waals surface area contributed by atoms with Crippen LogP contribution in [0.3, 0.4) is 0 Å². The van der Waals surface area contributed by atoms with E-state index in [0.717, 1.165) is 27.6 Å². The van der Waals surface area contributed by atoms with Crippen molar-refractivity contribution in [3.8, 4) is 22.0 Å². The van der Waals surface area contributed by atoms with Crippen molar-refractivity contribution in [2.45, 2.75) is 0 Å². The first-order valence-corrected chi connectivity index (χ1v) is 6.42. The third kappa shape index (κ3) is 1.89. The van der Waals surface area contributed by atoms with E-state index in [1.165, 1.54) is 0 Å². The molecule has 0 aliphatic heterocycles. The molecule has 2 heterocycles. The van der Waals surface area contributed by atoms with Crippen molar-refractivity contribution in [2.24, 2.45) is 7.05 Å². The Kier molecular flexibility index (Phi) is 2.60. The molecule has 0 amide bonds. The molecule has 0 bridgehead atoms. The molecule has 0 atom stereocenters. The molecule has 0 aliphatic rings. The molecule has 1 aromatic carbocycles. The summed E-state index contributed by atoms with van der Waals surface area (Å²) >= 11 is 1.62. The number of nitrogen functional groups attached to an aromatic ring is 1. The largest absolute Gasteiger partial charge is 0.399 e. The summed E-state index contributed by atoms with van der Waals surface area (Å²) in [4.78, 5) is 4.63. The quantitative estimate of drug-likeness (QED) is 0.717. The topological polar surface area (TPSA) is 56.7 Å². The maximum Gasteiger partial charge on any atom is 0.124 e. The van der Waals surface area contributed by atoms with Crippen LogP contribution in [0, 0.1) is 0 Å². The first-order chi connectivity index (χ1) is 8.74. The first-order valence-electron chi connectivity index (χ1n) is 5.54. The van der Waals surface area contributed by atoms with Gasteiger partial charge < -0.3 is 5.73 Å². The van der Waals surface area contributed by atoms with Gasteiger partial charge in [-0.15, -0.1) is 11.3 Å². The number of aryl methyl sites for hydroxylation is 1. The van der Waals surface area contributed by atoms with Crippen molar-refractivity contribution in [3.63, 3.8) is 0 Å². The minimum absolute atomic E-state index is 0.766. The summed E-state index contributed by atoms with van der Waals surface area (Å²) < 4.78 is 1.82. The van der Waals surface area contributed by atoms with E-state index in [1.807, 2.05) is 47.4 Å².